The van der Waals surface area contributed by atoms with E-state index in [1.165, 1.54) is 0 Å². The number of aromatic nitrogens is 4. The van der Waals surface area contributed by atoms with Gasteiger partial charge in [-0.2, -0.15) is 4.57 Å². The number of hydrogen-bond donors (Lipinski definition) is 0. The van der Waals surface area contributed by atoms with E-state index in [1.54, 1.807) is 12.5 Å². The molecule has 0 fully saturated rings. The largest absolute Gasteiger partial charge is 0.305 e. The number of aryl methyl sites for hydroxylation is 2. The summed E-state index contributed by atoms with van der Waals surface area (Å²) in [5, 5.41) is 0. The van der Waals surface area contributed by atoms with Gasteiger partial charge in [-0.05, 0) is 6.92 Å². The number of imidazole rings is 1. The third-order valence-electron chi connectivity index (χ3n) is 2.00. The Hall–Kier alpha value is -1.71. The monoisotopic (exact) mass is 175 g/mol. The second kappa shape index (κ2) is 2.97. The molecular formula is C9H11N4+. The molecule has 0 N–H and O–H groups in total. The topological polar surface area (TPSA) is 34.6 Å². The zero-order valence-electron chi connectivity index (χ0n) is 7.68. The van der Waals surface area contributed by atoms with Crippen LogP contribution in [0, 0.1) is 6.92 Å². The lowest BCUT2D eigenvalue weighted by Crippen LogP contribution is -2.33. The van der Waals surface area contributed by atoms with Gasteiger partial charge >= 0.3 is 5.82 Å². The van der Waals surface area contributed by atoms with E-state index in [0.29, 0.717) is 0 Å². The second-order valence-electron chi connectivity index (χ2n) is 2.95. The van der Waals surface area contributed by atoms with Gasteiger partial charge in [0, 0.05) is 0 Å². The Labute approximate surface area is 76.5 Å². The van der Waals surface area contributed by atoms with Gasteiger partial charge < -0.3 is 0 Å². The summed E-state index contributed by atoms with van der Waals surface area (Å²) in [7, 11) is 1.98. The van der Waals surface area contributed by atoms with Crippen molar-refractivity contribution >= 4 is 0 Å². The molecule has 0 amide bonds. The standard InChI is InChI=1S/C9H11N4/c1-8-5-11-7-13(8)9-6-10-3-4-12(9)2/h3-7H,1-2H3/q+1. The number of nitrogens with zero attached hydrogens (tertiary/aromatic N) is 4. The fourth-order valence-electron chi connectivity index (χ4n) is 1.25. The van der Waals surface area contributed by atoms with Crippen LogP contribution in [0.25, 0.3) is 5.82 Å². The van der Waals surface area contributed by atoms with Crippen molar-refractivity contribution in [2.45, 2.75) is 6.92 Å². The lowest BCUT2D eigenvalue weighted by Gasteiger charge is -1.99. The molecule has 0 saturated heterocycles. The lowest BCUT2D eigenvalue weighted by molar-refractivity contribution is -0.666. The third kappa shape index (κ3) is 1.30. The molecule has 0 bridgehead atoms. The first kappa shape index (κ1) is 7.91. The lowest BCUT2D eigenvalue weighted by atomic mass is 10.5. The van der Waals surface area contributed by atoms with Crippen molar-refractivity contribution in [3.05, 3.63) is 36.8 Å². The van der Waals surface area contributed by atoms with Crippen LogP contribution in [0.15, 0.2) is 31.1 Å². The Balaban J connectivity index is 2.59. The van der Waals surface area contributed by atoms with E-state index in [0.717, 1.165) is 11.5 Å². The van der Waals surface area contributed by atoms with Gasteiger partial charge in [0.05, 0.1) is 19.4 Å². The van der Waals surface area contributed by atoms with Crippen molar-refractivity contribution in [1.82, 2.24) is 14.5 Å². The molecule has 0 saturated carbocycles. The molecule has 0 unspecified atom stereocenters. The molecule has 0 aliphatic carbocycles. The van der Waals surface area contributed by atoms with Crippen LogP contribution < -0.4 is 4.57 Å². The Morgan fingerprint density at radius 2 is 2.15 bits per heavy atom. The smallest absolute Gasteiger partial charge is 0.252 e. The third-order valence-corrected chi connectivity index (χ3v) is 2.00. The van der Waals surface area contributed by atoms with Crippen molar-refractivity contribution in [1.29, 1.82) is 0 Å². The quantitative estimate of drug-likeness (QED) is 0.588. The van der Waals surface area contributed by atoms with Crippen LogP contribution in [0.5, 0.6) is 0 Å². The van der Waals surface area contributed by atoms with Gasteiger partial charge in [-0.3, -0.25) is 4.98 Å². The van der Waals surface area contributed by atoms with E-state index < -0.39 is 0 Å². The molecule has 66 valence electrons. The molecule has 0 aliphatic heterocycles. The van der Waals surface area contributed by atoms with E-state index in [2.05, 4.69) is 9.97 Å². The molecule has 2 rings (SSSR count). The molecule has 2 aromatic heterocycles. The van der Waals surface area contributed by atoms with Crippen molar-refractivity contribution < 1.29 is 4.57 Å². The Morgan fingerprint density at radius 1 is 1.31 bits per heavy atom. The normalized spacial score (nSPS) is 10.3. The molecule has 0 radical (unpaired) electrons. The minimum Gasteiger partial charge on any atom is -0.252 e. The number of hydrogen-bond acceptors (Lipinski definition) is 2. The average molecular weight is 175 g/mol. The van der Waals surface area contributed by atoms with E-state index in [9.17, 15) is 0 Å². The van der Waals surface area contributed by atoms with Gasteiger partial charge in [0.2, 0.25) is 0 Å². The van der Waals surface area contributed by atoms with Crippen molar-refractivity contribution in [2.24, 2.45) is 7.05 Å². The van der Waals surface area contributed by atoms with Crippen LogP contribution in [-0.4, -0.2) is 14.5 Å². The summed E-state index contributed by atoms with van der Waals surface area (Å²) in [5.41, 5.74) is 1.10. The molecular weight excluding hydrogens is 164 g/mol. The molecule has 2 heterocycles. The predicted octanol–water partition coefficient (Wildman–Crippen LogP) is 0.400. The summed E-state index contributed by atoms with van der Waals surface area (Å²) in [5.74, 6) is 1.01. The fraction of sp³-hybridized carbons (Fsp3) is 0.222. The molecule has 0 atom stereocenters. The number of rotatable bonds is 1. The van der Waals surface area contributed by atoms with Crippen molar-refractivity contribution in [2.75, 3.05) is 0 Å². The summed E-state index contributed by atoms with van der Waals surface area (Å²) < 4.78 is 3.99. The maximum Gasteiger partial charge on any atom is 0.305 e. The van der Waals surface area contributed by atoms with E-state index in [-0.39, 0.29) is 0 Å². The highest BCUT2D eigenvalue weighted by molar-refractivity contribution is 5.15. The van der Waals surface area contributed by atoms with Gasteiger partial charge in [-0.15, -0.1) is 0 Å². The van der Waals surface area contributed by atoms with Crippen LogP contribution in [0.2, 0.25) is 0 Å². The molecule has 4 nitrogen and oxygen atoms in total. The highest BCUT2D eigenvalue weighted by Crippen LogP contribution is 2.02. The van der Waals surface area contributed by atoms with Gasteiger partial charge in [-0.25, -0.2) is 9.55 Å². The Bertz CT molecular complexity index is 419. The van der Waals surface area contributed by atoms with Crippen LogP contribution >= 0.6 is 0 Å². The molecule has 4 heteroatoms. The summed E-state index contributed by atoms with van der Waals surface area (Å²) in [4.78, 5) is 8.13. The van der Waals surface area contributed by atoms with Crippen LogP contribution in [0.4, 0.5) is 0 Å². The van der Waals surface area contributed by atoms with Gasteiger partial charge in [0.25, 0.3) is 0 Å². The maximum absolute atomic E-state index is 4.07. The highest BCUT2D eigenvalue weighted by Gasteiger charge is 2.10. The van der Waals surface area contributed by atoms with E-state index in [4.69, 9.17) is 0 Å². The van der Waals surface area contributed by atoms with Crippen LogP contribution in [-0.2, 0) is 7.05 Å². The minimum absolute atomic E-state index is 1.01. The molecule has 0 aromatic carbocycles. The summed E-state index contributed by atoms with van der Waals surface area (Å²) in [6.45, 7) is 2.01. The molecule has 0 spiro atoms. The molecule has 2 aromatic rings. The first-order valence-corrected chi connectivity index (χ1v) is 4.08. The fourth-order valence-corrected chi connectivity index (χ4v) is 1.25. The molecule has 0 aliphatic rings. The summed E-state index contributed by atoms with van der Waals surface area (Å²) in [6, 6.07) is 0. The second-order valence-corrected chi connectivity index (χ2v) is 2.95. The zero-order valence-corrected chi connectivity index (χ0v) is 7.68. The first-order chi connectivity index (χ1) is 6.29. The Kier molecular flexibility index (Phi) is 1.81. The van der Waals surface area contributed by atoms with E-state index in [1.807, 2.05) is 41.7 Å². The van der Waals surface area contributed by atoms with E-state index >= 15 is 0 Å². The SMILES string of the molecule is Cc1cncn1-c1cncc[n+]1C. The van der Waals surface area contributed by atoms with Crippen LogP contribution in [0.1, 0.15) is 5.69 Å². The van der Waals surface area contributed by atoms with Gasteiger partial charge in [-0.1, -0.05) is 0 Å². The minimum atomic E-state index is 1.01. The van der Waals surface area contributed by atoms with Gasteiger partial charge in [0.1, 0.15) is 18.1 Å². The predicted molar refractivity (Wildman–Crippen MR) is 47.3 cm³/mol. The van der Waals surface area contributed by atoms with Crippen molar-refractivity contribution in [3.63, 3.8) is 0 Å². The summed E-state index contributed by atoms with van der Waals surface area (Å²) in [6.07, 6.45) is 9.10. The highest BCUT2D eigenvalue weighted by atomic mass is 15.2. The maximum atomic E-state index is 4.07. The molecule has 13 heavy (non-hydrogen) atoms. The summed E-state index contributed by atoms with van der Waals surface area (Å²) >= 11 is 0. The zero-order chi connectivity index (χ0) is 9.26. The first-order valence-electron chi connectivity index (χ1n) is 4.08. The van der Waals surface area contributed by atoms with Crippen molar-refractivity contribution in [3.8, 4) is 5.82 Å². The average Bonchev–Trinajstić information content (AvgIpc) is 2.52. The van der Waals surface area contributed by atoms with Gasteiger partial charge in [0.15, 0.2) is 6.33 Å². The Morgan fingerprint density at radius 3 is 2.77 bits per heavy atom. The van der Waals surface area contributed by atoms with Crippen LogP contribution in [0.3, 0.4) is 0 Å².